The van der Waals surface area contributed by atoms with Crippen LogP contribution in [0.4, 0.5) is 0 Å². The molecule has 0 unspecified atom stereocenters. The number of nitrogens with zero attached hydrogens (tertiary/aromatic N) is 1. The summed E-state index contributed by atoms with van der Waals surface area (Å²) in [4.78, 5) is 16.0. The number of aromatic nitrogens is 1. The van der Waals surface area contributed by atoms with Gasteiger partial charge < -0.3 is 9.15 Å². The van der Waals surface area contributed by atoms with Crippen molar-refractivity contribution in [2.24, 2.45) is 0 Å². The zero-order valence-electron chi connectivity index (χ0n) is 12.2. The first-order chi connectivity index (χ1) is 10.7. The van der Waals surface area contributed by atoms with Gasteiger partial charge >= 0.3 is 5.97 Å². The van der Waals surface area contributed by atoms with Crippen LogP contribution in [0, 0.1) is 0 Å². The molecule has 0 amide bonds. The Balaban J connectivity index is 2.11. The molecule has 0 bridgehead atoms. The molecule has 110 valence electrons. The van der Waals surface area contributed by atoms with E-state index in [1.807, 2.05) is 43.3 Å². The summed E-state index contributed by atoms with van der Waals surface area (Å²) < 4.78 is 11.1. The van der Waals surface area contributed by atoms with E-state index in [4.69, 9.17) is 9.15 Å². The van der Waals surface area contributed by atoms with Gasteiger partial charge in [-0.3, -0.25) is 0 Å². The van der Waals surface area contributed by atoms with Crippen molar-refractivity contribution in [1.29, 1.82) is 0 Å². The van der Waals surface area contributed by atoms with Crippen LogP contribution in [0.25, 0.3) is 22.6 Å². The van der Waals surface area contributed by atoms with E-state index in [0.29, 0.717) is 18.1 Å². The molecule has 0 aliphatic carbocycles. The lowest BCUT2D eigenvalue weighted by molar-refractivity contribution is -0.129. The number of carbonyl (C=O) groups is 1. The average Bonchev–Trinajstić information content (AvgIpc) is 2.98. The molecule has 0 saturated carbocycles. The van der Waals surface area contributed by atoms with Gasteiger partial charge in [0.1, 0.15) is 11.3 Å². The predicted octanol–water partition coefficient (Wildman–Crippen LogP) is 4.15. The summed E-state index contributed by atoms with van der Waals surface area (Å²) in [6.45, 7) is 5.41. The lowest BCUT2D eigenvalue weighted by atomic mass is 10.0. The van der Waals surface area contributed by atoms with Gasteiger partial charge in [-0.25, -0.2) is 9.78 Å². The van der Waals surface area contributed by atoms with Gasteiger partial charge in [0.05, 0.1) is 0 Å². The Bertz CT molecular complexity index is 815. The zero-order valence-corrected chi connectivity index (χ0v) is 12.2. The molecule has 3 rings (SSSR count). The van der Waals surface area contributed by atoms with Gasteiger partial charge in [0.15, 0.2) is 5.58 Å². The maximum absolute atomic E-state index is 11.5. The second kappa shape index (κ2) is 5.85. The highest BCUT2D eigenvalue weighted by Gasteiger charge is 2.16. The van der Waals surface area contributed by atoms with Crippen LogP contribution in [-0.4, -0.2) is 11.0 Å². The first-order valence-electron chi connectivity index (χ1n) is 7.05. The highest BCUT2D eigenvalue weighted by Crippen LogP contribution is 2.32. The van der Waals surface area contributed by atoms with E-state index in [9.17, 15) is 4.79 Å². The quantitative estimate of drug-likeness (QED) is 0.412. The molecule has 0 atom stereocenters. The van der Waals surface area contributed by atoms with Crippen molar-refractivity contribution in [1.82, 2.24) is 4.98 Å². The normalized spacial score (nSPS) is 10.6. The van der Waals surface area contributed by atoms with Gasteiger partial charge in [0.2, 0.25) is 5.89 Å². The maximum Gasteiger partial charge on any atom is 0.335 e. The third-order valence-corrected chi connectivity index (χ3v) is 3.39. The Kier molecular flexibility index (Phi) is 3.74. The molecule has 0 spiro atoms. The summed E-state index contributed by atoms with van der Waals surface area (Å²) >= 11 is 0. The monoisotopic (exact) mass is 293 g/mol. The van der Waals surface area contributed by atoms with E-state index >= 15 is 0 Å². The van der Waals surface area contributed by atoms with E-state index in [2.05, 4.69) is 11.6 Å². The van der Waals surface area contributed by atoms with E-state index in [0.717, 1.165) is 28.3 Å². The van der Waals surface area contributed by atoms with Crippen LogP contribution < -0.4 is 4.74 Å². The summed E-state index contributed by atoms with van der Waals surface area (Å²) in [6, 6.07) is 13.1. The number of carbonyl (C=O) groups excluding carboxylic acids is 1. The average molecular weight is 293 g/mol. The molecule has 0 saturated heterocycles. The van der Waals surface area contributed by atoms with Gasteiger partial charge in [-0.1, -0.05) is 31.7 Å². The Morgan fingerprint density at radius 2 is 2.09 bits per heavy atom. The highest BCUT2D eigenvalue weighted by atomic mass is 16.5. The minimum Gasteiger partial charge on any atom is -0.436 e. The Morgan fingerprint density at radius 1 is 1.27 bits per heavy atom. The summed E-state index contributed by atoms with van der Waals surface area (Å²) in [6.07, 6.45) is 1.83. The number of hydrogen-bond acceptors (Lipinski definition) is 4. The highest BCUT2D eigenvalue weighted by molar-refractivity contribution is 5.84. The van der Waals surface area contributed by atoms with E-state index in [-0.39, 0.29) is 0 Å². The summed E-state index contributed by atoms with van der Waals surface area (Å²) in [5.74, 6) is 0.547. The topological polar surface area (TPSA) is 52.3 Å². The van der Waals surface area contributed by atoms with Crippen LogP contribution in [0.3, 0.4) is 0 Å². The fourth-order valence-electron chi connectivity index (χ4n) is 2.36. The molecule has 0 aliphatic rings. The van der Waals surface area contributed by atoms with E-state index < -0.39 is 5.97 Å². The molecule has 22 heavy (non-hydrogen) atoms. The van der Waals surface area contributed by atoms with Crippen molar-refractivity contribution in [2.75, 3.05) is 0 Å². The van der Waals surface area contributed by atoms with E-state index in [1.165, 1.54) is 0 Å². The zero-order chi connectivity index (χ0) is 15.5. The lowest BCUT2D eigenvalue weighted by Crippen LogP contribution is -2.05. The smallest absolute Gasteiger partial charge is 0.335 e. The molecule has 1 aromatic heterocycles. The van der Waals surface area contributed by atoms with Crippen LogP contribution in [-0.2, 0) is 11.2 Å². The Hall–Kier alpha value is -2.88. The number of benzene rings is 2. The van der Waals surface area contributed by atoms with Crippen LogP contribution >= 0.6 is 0 Å². The Morgan fingerprint density at radius 3 is 2.82 bits per heavy atom. The first kappa shape index (κ1) is 14.1. The van der Waals surface area contributed by atoms with Crippen molar-refractivity contribution >= 4 is 17.1 Å². The van der Waals surface area contributed by atoms with Crippen molar-refractivity contribution in [3.8, 4) is 17.2 Å². The number of para-hydroxylation sites is 2. The van der Waals surface area contributed by atoms with Crippen molar-refractivity contribution < 1.29 is 13.9 Å². The molecular formula is C18H15NO3. The fourth-order valence-corrected chi connectivity index (χ4v) is 2.36. The second-order valence-electron chi connectivity index (χ2n) is 4.75. The summed E-state index contributed by atoms with van der Waals surface area (Å²) in [5, 5.41) is 0. The minimum absolute atomic E-state index is 0.482. The van der Waals surface area contributed by atoms with Gasteiger partial charge in [-0.2, -0.15) is 0 Å². The van der Waals surface area contributed by atoms with Gasteiger partial charge in [-0.05, 0) is 30.7 Å². The van der Waals surface area contributed by atoms with Crippen molar-refractivity contribution in [3.63, 3.8) is 0 Å². The molecule has 4 heteroatoms. The minimum atomic E-state index is -0.482. The van der Waals surface area contributed by atoms with Crippen LogP contribution in [0.2, 0.25) is 0 Å². The molecule has 0 N–H and O–H groups in total. The summed E-state index contributed by atoms with van der Waals surface area (Å²) in [5.41, 5.74) is 3.23. The van der Waals surface area contributed by atoms with Crippen LogP contribution in [0.15, 0.2) is 59.5 Å². The molecule has 0 radical (unpaired) electrons. The Labute approximate surface area is 128 Å². The number of rotatable bonds is 4. The SMILES string of the molecule is C=CC(=O)Oc1cccc(-c2nc3ccccc3o2)c1CC. The number of fused-ring (bicyclic) bond motifs is 1. The van der Waals surface area contributed by atoms with Gasteiger partial charge in [0, 0.05) is 17.2 Å². The molecular weight excluding hydrogens is 278 g/mol. The summed E-state index contributed by atoms with van der Waals surface area (Å²) in [7, 11) is 0. The predicted molar refractivity (Wildman–Crippen MR) is 84.7 cm³/mol. The number of hydrogen-bond donors (Lipinski definition) is 0. The second-order valence-corrected chi connectivity index (χ2v) is 4.75. The standard InChI is InChI=1S/C18H15NO3/c1-3-12-13(8-7-11-15(12)21-17(20)4-2)18-19-14-9-5-6-10-16(14)22-18/h4-11H,2-3H2,1H3. The molecule has 3 aromatic rings. The van der Waals surface area contributed by atoms with Gasteiger partial charge in [0.25, 0.3) is 0 Å². The third-order valence-electron chi connectivity index (χ3n) is 3.39. The lowest BCUT2D eigenvalue weighted by Gasteiger charge is -2.10. The first-order valence-corrected chi connectivity index (χ1v) is 7.05. The van der Waals surface area contributed by atoms with Crippen LogP contribution in [0.1, 0.15) is 12.5 Å². The third kappa shape index (κ3) is 2.51. The molecule has 1 heterocycles. The van der Waals surface area contributed by atoms with E-state index in [1.54, 1.807) is 6.07 Å². The molecule has 0 fully saturated rings. The molecule has 4 nitrogen and oxygen atoms in total. The fraction of sp³-hybridized carbons (Fsp3) is 0.111. The number of esters is 1. The van der Waals surface area contributed by atoms with Gasteiger partial charge in [-0.15, -0.1) is 0 Å². The van der Waals surface area contributed by atoms with Crippen molar-refractivity contribution in [2.45, 2.75) is 13.3 Å². The number of oxazole rings is 1. The van der Waals surface area contributed by atoms with Crippen LogP contribution in [0.5, 0.6) is 5.75 Å². The molecule has 2 aromatic carbocycles. The maximum atomic E-state index is 11.5. The van der Waals surface area contributed by atoms with Crippen molar-refractivity contribution in [3.05, 3.63) is 60.7 Å². The number of ether oxygens (including phenoxy) is 1. The molecule has 0 aliphatic heterocycles. The largest absolute Gasteiger partial charge is 0.436 e.